The van der Waals surface area contributed by atoms with Crippen molar-refractivity contribution in [1.29, 1.82) is 0 Å². The lowest BCUT2D eigenvalue weighted by Gasteiger charge is -2.28. The third-order valence-electron chi connectivity index (χ3n) is 6.25. The fourth-order valence-corrected chi connectivity index (χ4v) is 5.27. The molecule has 0 aliphatic carbocycles. The summed E-state index contributed by atoms with van der Waals surface area (Å²) in [5.74, 6) is 0. The van der Waals surface area contributed by atoms with E-state index in [1.165, 1.54) is 22.5 Å². The Morgan fingerprint density at radius 2 is 1.70 bits per heavy atom. The second-order valence-corrected chi connectivity index (χ2v) is 9.30. The molecule has 0 saturated carbocycles. The van der Waals surface area contributed by atoms with Crippen LogP contribution in [0.1, 0.15) is 40.3 Å². The van der Waals surface area contributed by atoms with Gasteiger partial charge < -0.3 is 14.8 Å². The lowest BCUT2D eigenvalue weighted by Crippen LogP contribution is -2.29. The Kier molecular flexibility index (Phi) is 5.69. The number of pyridine rings is 1. The predicted octanol–water partition coefficient (Wildman–Crippen LogP) is 6.63. The quantitative estimate of drug-likeness (QED) is 0.338. The van der Waals surface area contributed by atoms with Gasteiger partial charge in [0, 0.05) is 34.0 Å². The number of aromatic nitrogens is 2. The zero-order valence-corrected chi connectivity index (χ0v) is 20.4. The van der Waals surface area contributed by atoms with Gasteiger partial charge in [-0.3, -0.25) is 4.98 Å². The molecule has 0 amide bonds. The number of rotatable bonds is 4. The summed E-state index contributed by atoms with van der Waals surface area (Å²) >= 11 is 12.0. The lowest BCUT2D eigenvalue weighted by molar-refractivity contribution is 0.565. The Bertz CT molecular complexity index is 1310. The molecule has 0 unspecified atom stereocenters. The summed E-state index contributed by atoms with van der Waals surface area (Å²) in [6.45, 7) is 6.46. The average Bonchev–Trinajstić information content (AvgIpc) is 3.30. The van der Waals surface area contributed by atoms with Crippen molar-refractivity contribution in [1.82, 2.24) is 14.9 Å². The van der Waals surface area contributed by atoms with Crippen LogP contribution in [0.3, 0.4) is 0 Å². The number of benzene rings is 2. The summed E-state index contributed by atoms with van der Waals surface area (Å²) in [5.41, 5.74) is 7.95. The fraction of sp³-hybridized carbons (Fsp3) is 0.185. The summed E-state index contributed by atoms with van der Waals surface area (Å²) < 4.78 is 2.32. The molecule has 2 aromatic heterocycles. The number of thiocarbonyl (C=S) groups is 1. The van der Waals surface area contributed by atoms with Crippen LogP contribution in [0.15, 0.2) is 79.0 Å². The van der Waals surface area contributed by atoms with Crippen molar-refractivity contribution in [2.75, 3.05) is 4.90 Å². The minimum absolute atomic E-state index is 0.0571. The van der Waals surface area contributed by atoms with E-state index in [0.717, 1.165) is 17.1 Å². The van der Waals surface area contributed by atoms with Crippen molar-refractivity contribution >= 4 is 34.6 Å². The summed E-state index contributed by atoms with van der Waals surface area (Å²) in [4.78, 5) is 6.85. The van der Waals surface area contributed by atoms with Crippen LogP contribution in [-0.2, 0) is 0 Å². The smallest absolute Gasteiger partial charge is 0.174 e. The molecule has 6 heteroatoms. The maximum Gasteiger partial charge on any atom is 0.174 e. The van der Waals surface area contributed by atoms with Crippen molar-refractivity contribution in [3.63, 3.8) is 0 Å². The molecule has 33 heavy (non-hydrogen) atoms. The molecule has 1 fully saturated rings. The molecule has 1 N–H and O–H groups in total. The minimum Gasteiger partial charge on any atom is -0.351 e. The molecule has 0 radical (unpaired) electrons. The Hall–Kier alpha value is -3.15. The van der Waals surface area contributed by atoms with Gasteiger partial charge in [-0.25, -0.2) is 0 Å². The summed E-state index contributed by atoms with van der Waals surface area (Å²) in [5, 5.41) is 4.92. The topological polar surface area (TPSA) is 33.1 Å². The minimum atomic E-state index is -0.0826. The molecule has 5 rings (SSSR count). The Balaban J connectivity index is 1.68. The van der Waals surface area contributed by atoms with Crippen LogP contribution < -0.4 is 10.2 Å². The molecule has 0 bridgehead atoms. The first-order chi connectivity index (χ1) is 15.9. The highest BCUT2D eigenvalue weighted by atomic mass is 35.5. The molecule has 2 aromatic carbocycles. The van der Waals surface area contributed by atoms with E-state index in [2.05, 4.69) is 76.9 Å². The maximum absolute atomic E-state index is 6.18. The molecule has 0 spiro atoms. The van der Waals surface area contributed by atoms with Gasteiger partial charge >= 0.3 is 0 Å². The fourth-order valence-electron chi connectivity index (χ4n) is 4.80. The van der Waals surface area contributed by atoms with E-state index in [1.807, 2.05) is 42.6 Å². The molecule has 1 saturated heterocycles. The summed E-state index contributed by atoms with van der Waals surface area (Å²) in [6, 6.07) is 24.6. The largest absolute Gasteiger partial charge is 0.351 e. The Morgan fingerprint density at radius 3 is 2.39 bits per heavy atom. The SMILES string of the molecule is Cc1cccc(-n2c(C)cc([C@H]3[C@H](c4ccccn4)NC(=S)N3c3ccc(Cl)cc3)c2C)c1. The highest BCUT2D eigenvalue weighted by molar-refractivity contribution is 7.80. The number of nitrogens with zero attached hydrogens (tertiary/aromatic N) is 3. The Morgan fingerprint density at radius 1 is 0.909 bits per heavy atom. The predicted molar refractivity (Wildman–Crippen MR) is 139 cm³/mol. The molecular weight excluding hydrogens is 448 g/mol. The van der Waals surface area contributed by atoms with E-state index < -0.39 is 0 Å². The van der Waals surface area contributed by atoms with Crippen LogP contribution >= 0.6 is 23.8 Å². The van der Waals surface area contributed by atoms with Crippen molar-refractivity contribution in [2.45, 2.75) is 32.9 Å². The van der Waals surface area contributed by atoms with E-state index in [-0.39, 0.29) is 12.1 Å². The number of aryl methyl sites for hydroxylation is 2. The standard InChI is InChI=1S/C27H25ClN4S/c1-17-7-6-8-22(15-17)31-18(2)16-23(19(31)3)26-25(24-9-4-5-14-29-24)30-27(33)32(26)21-12-10-20(28)11-13-21/h4-16,25-26H,1-3H3,(H,30,33)/t25-,26-/m0/s1. The second kappa shape index (κ2) is 8.65. The molecular formula is C27H25ClN4S. The zero-order valence-electron chi connectivity index (χ0n) is 18.8. The van der Waals surface area contributed by atoms with E-state index >= 15 is 0 Å². The van der Waals surface area contributed by atoms with Gasteiger partial charge in [0.05, 0.1) is 17.8 Å². The highest BCUT2D eigenvalue weighted by Crippen LogP contribution is 2.43. The van der Waals surface area contributed by atoms with Crippen molar-refractivity contribution in [2.24, 2.45) is 0 Å². The Labute approximate surface area is 204 Å². The normalized spacial score (nSPS) is 17.9. The van der Waals surface area contributed by atoms with Crippen LogP contribution in [0.25, 0.3) is 5.69 Å². The van der Waals surface area contributed by atoms with E-state index in [0.29, 0.717) is 10.1 Å². The van der Waals surface area contributed by atoms with E-state index in [4.69, 9.17) is 23.8 Å². The first-order valence-electron chi connectivity index (χ1n) is 11.0. The summed E-state index contributed by atoms with van der Waals surface area (Å²) in [6.07, 6.45) is 1.83. The van der Waals surface area contributed by atoms with Gasteiger partial charge in [-0.1, -0.05) is 29.8 Å². The summed E-state index contributed by atoms with van der Waals surface area (Å²) in [7, 11) is 0. The van der Waals surface area contributed by atoms with Crippen molar-refractivity contribution < 1.29 is 0 Å². The number of hydrogen-bond donors (Lipinski definition) is 1. The van der Waals surface area contributed by atoms with Crippen molar-refractivity contribution in [3.05, 3.63) is 112 Å². The van der Waals surface area contributed by atoms with Crippen LogP contribution in [0.5, 0.6) is 0 Å². The van der Waals surface area contributed by atoms with Crippen LogP contribution in [0, 0.1) is 20.8 Å². The van der Waals surface area contributed by atoms with E-state index in [9.17, 15) is 0 Å². The van der Waals surface area contributed by atoms with Crippen LogP contribution in [0.4, 0.5) is 5.69 Å². The highest BCUT2D eigenvalue weighted by Gasteiger charge is 2.42. The van der Waals surface area contributed by atoms with Crippen LogP contribution in [0.2, 0.25) is 5.02 Å². The lowest BCUT2D eigenvalue weighted by atomic mass is 9.96. The van der Waals surface area contributed by atoms with E-state index in [1.54, 1.807) is 0 Å². The van der Waals surface area contributed by atoms with Gasteiger partial charge in [0.25, 0.3) is 0 Å². The van der Waals surface area contributed by atoms with Crippen molar-refractivity contribution in [3.8, 4) is 5.69 Å². The van der Waals surface area contributed by atoms with Gasteiger partial charge in [-0.15, -0.1) is 0 Å². The number of anilines is 1. The first kappa shape index (κ1) is 21.7. The van der Waals surface area contributed by atoms with Gasteiger partial charge in [0.2, 0.25) is 0 Å². The number of nitrogens with one attached hydrogen (secondary N) is 1. The zero-order chi connectivity index (χ0) is 23.1. The number of hydrogen-bond acceptors (Lipinski definition) is 2. The van der Waals surface area contributed by atoms with Gasteiger partial charge in [0.1, 0.15) is 0 Å². The average molecular weight is 473 g/mol. The molecule has 4 nitrogen and oxygen atoms in total. The second-order valence-electron chi connectivity index (χ2n) is 8.47. The molecule has 2 atom stereocenters. The third kappa shape index (κ3) is 3.92. The monoisotopic (exact) mass is 472 g/mol. The van der Waals surface area contributed by atoms with Gasteiger partial charge in [0.15, 0.2) is 5.11 Å². The third-order valence-corrected chi connectivity index (χ3v) is 6.82. The maximum atomic E-state index is 6.18. The first-order valence-corrected chi connectivity index (χ1v) is 11.7. The molecule has 4 aromatic rings. The van der Waals surface area contributed by atoms with Gasteiger partial charge in [-0.2, -0.15) is 0 Å². The molecule has 166 valence electrons. The molecule has 1 aliphatic rings. The van der Waals surface area contributed by atoms with Gasteiger partial charge in [-0.05, 0) is 98.7 Å². The molecule has 3 heterocycles. The number of halogens is 1. The molecule has 1 aliphatic heterocycles. The van der Waals surface area contributed by atoms with Crippen LogP contribution in [-0.4, -0.2) is 14.7 Å².